The number of thiol groups is 1. The van der Waals surface area contributed by atoms with E-state index < -0.39 is 0 Å². The fourth-order valence-electron chi connectivity index (χ4n) is 1.51. The van der Waals surface area contributed by atoms with Crippen LogP contribution in [-0.4, -0.2) is 5.75 Å². The molecule has 0 nitrogen and oxygen atoms in total. The van der Waals surface area contributed by atoms with Crippen molar-refractivity contribution < 1.29 is 0 Å². The Labute approximate surface area is 93.1 Å². The van der Waals surface area contributed by atoms with Gasteiger partial charge in [0.15, 0.2) is 0 Å². The summed E-state index contributed by atoms with van der Waals surface area (Å²) in [5.74, 6) is 1.64. The first-order chi connectivity index (χ1) is 6.74. The quantitative estimate of drug-likeness (QED) is 0.547. The lowest BCUT2D eigenvalue weighted by molar-refractivity contribution is 0.801. The summed E-state index contributed by atoms with van der Waals surface area (Å²) in [6.45, 7) is 4.46. The Kier molecular flexibility index (Phi) is 5.10. The fraction of sp³-hybridized carbons (Fsp3) is 0.538. The lowest BCUT2D eigenvalue weighted by Gasteiger charge is -2.06. The highest BCUT2D eigenvalue weighted by atomic mass is 32.1. The molecule has 1 aromatic rings. The van der Waals surface area contributed by atoms with Gasteiger partial charge in [-0.2, -0.15) is 12.6 Å². The van der Waals surface area contributed by atoms with Crippen LogP contribution in [0.5, 0.6) is 0 Å². The van der Waals surface area contributed by atoms with E-state index in [9.17, 15) is 0 Å². The van der Waals surface area contributed by atoms with E-state index in [1.54, 1.807) is 0 Å². The predicted octanol–water partition coefficient (Wildman–Crippen LogP) is 4.06. The molecule has 0 aliphatic rings. The molecule has 14 heavy (non-hydrogen) atoms. The van der Waals surface area contributed by atoms with E-state index in [-0.39, 0.29) is 0 Å². The largest absolute Gasteiger partial charge is 0.179 e. The molecule has 0 aliphatic heterocycles. The van der Waals surface area contributed by atoms with Crippen molar-refractivity contribution in [2.24, 2.45) is 0 Å². The molecule has 0 saturated heterocycles. The maximum absolute atomic E-state index is 4.21. The minimum absolute atomic E-state index is 0.640. The molecule has 1 rings (SSSR count). The molecule has 0 amide bonds. The van der Waals surface area contributed by atoms with E-state index in [0.717, 1.165) is 5.75 Å². The molecule has 0 saturated carbocycles. The van der Waals surface area contributed by atoms with E-state index in [2.05, 4.69) is 50.7 Å². The van der Waals surface area contributed by atoms with Crippen molar-refractivity contribution in [1.29, 1.82) is 0 Å². The summed E-state index contributed by atoms with van der Waals surface area (Å²) in [6.07, 6.45) is 3.67. The fourth-order valence-corrected chi connectivity index (χ4v) is 1.73. The molecule has 78 valence electrons. The molecular formula is C13H20S. The van der Waals surface area contributed by atoms with Crippen LogP contribution in [0, 0.1) is 0 Å². The third-order valence-electron chi connectivity index (χ3n) is 2.52. The Hall–Kier alpha value is -0.430. The summed E-state index contributed by atoms with van der Waals surface area (Å²) in [5.41, 5.74) is 2.89. The average Bonchev–Trinajstić information content (AvgIpc) is 2.19. The number of rotatable bonds is 5. The molecule has 0 aliphatic carbocycles. The first-order valence-corrected chi connectivity index (χ1v) is 6.07. The van der Waals surface area contributed by atoms with Gasteiger partial charge in [0, 0.05) is 0 Å². The van der Waals surface area contributed by atoms with Crippen molar-refractivity contribution in [3.63, 3.8) is 0 Å². The summed E-state index contributed by atoms with van der Waals surface area (Å²) >= 11 is 4.21. The van der Waals surface area contributed by atoms with Crippen molar-refractivity contribution in [1.82, 2.24) is 0 Å². The second-order valence-corrected chi connectivity index (χ2v) is 4.52. The highest BCUT2D eigenvalue weighted by Gasteiger charge is 1.98. The Morgan fingerprint density at radius 3 is 2.21 bits per heavy atom. The van der Waals surface area contributed by atoms with Crippen LogP contribution in [0.25, 0.3) is 0 Å². The highest BCUT2D eigenvalue weighted by Crippen LogP contribution is 2.15. The van der Waals surface area contributed by atoms with Crippen LogP contribution in [0.3, 0.4) is 0 Å². The van der Waals surface area contributed by atoms with E-state index in [0.29, 0.717) is 5.92 Å². The zero-order chi connectivity index (χ0) is 10.4. The van der Waals surface area contributed by atoms with Gasteiger partial charge in [-0.1, -0.05) is 38.1 Å². The predicted molar refractivity (Wildman–Crippen MR) is 67.3 cm³/mol. The molecule has 1 heteroatoms. The van der Waals surface area contributed by atoms with Gasteiger partial charge in [-0.3, -0.25) is 0 Å². The van der Waals surface area contributed by atoms with E-state index in [1.165, 1.54) is 30.4 Å². The van der Waals surface area contributed by atoms with Crippen LogP contribution in [0.2, 0.25) is 0 Å². The van der Waals surface area contributed by atoms with Crippen molar-refractivity contribution >= 4 is 12.6 Å². The monoisotopic (exact) mass is 208 g/mol. The normalized spacial score (nSPS) is 10.9. The van der Waals surface area contributed by atoms with Gasteiger partial charge in [-0.25, -0.2) is 0 Å². The van der Waals surface area contributed by atoms with Crippen LogP contribution in [0.4, 0.5) is 0 Å². The summed E-state index contributed by atoms with van der Waals surface area (Å²) in [6, 6.07) is 9.02. The second kappa shape index (κ2) is 6.13. The summed E-state index contributed by atoms with van der Waals surface area (Å²) in [4.78, 5) is 0. The first kappa shape index (κ1) is 11.6. The molecule has 0 spiro atoms. The zero-order valence-electron chi connectivity index (χ0n) is 9.16. The van der Waals surface area contributed by atoms with Crippen LogP contribution in [0.15, 0.2) is 24.3 Å². The second-order valence-electron chi connectivity index (χ2n) is 4.08. The molecule has 0 fully saturated rings. The molecule has 0 N–H and O–H groups in total. The Morgan fingerprint density at radius 2 is 1.71 bits per heavy atom. The summed E-state index contributed by atoms with van der Waals surface area (Å²) in [7, 11) is 0. The molecule has 0 heterocycles. The molecule has 0 bridgehead atoms. The Morgan fingerprint density at radius 1 is 1.07 bits per heavy atom. The van der Waals surface area contributed by atoms with Crippen LogP contribution in [0.1, 0.15) is 43.7 Å². The molecule has 0 unspecified atom stereocenters. The average molecular weight is 208 g/mol. The third kappa shape index (κ3) is 3.75. The molecular weight excluding hydrogens is 188 g/mol. The topological polar surface area (TPSA) is 0 Å². The zero-order valence-corrected chi connectivity index (χ0v) is 10.1. The Balaban J connectivity index is 2.47. The number of aryl methyl sites for hydroxylation is 1. The smallest absolute Gasteiger partial charge is 0.00978 e. The number of benzene rings is 1. The number of hydrogen-bond acceptors (Lipinski definition) is 1. The van der Waals surface area contributed by atoms with Crippen LogP contribution in [-0.2, 0) is 6.42 Å². The van der Waals surface area contributed by atoms with Gasteiger partial charge < -0.3 is 0 Å². The van der Waals surface area contributed by atoms with E-state index in [1.807, 2.05) is 0 Å². The van der Waals surface area contributed by atoms with Gasteiger partial charge >= 0.3 is 0 Å². The summed E-state index contributed by atoms with van der Waals surface area (Å²) < 4.78 is 0. The third-order valence-corrected chi connectivity index (χ3v) is 2.84. The highest BCUT2D eigenvalue weighted by molar-refractivity contribution is 7.80. The van der Waals surface area contributed by atoms with Gasteiger partial charge in [0.2, 0.25) is 0 Å². The first-order valence-electron chi connectivity index (χ1n) is 5.43. The maximum atomic E-state index is 4.21. The van der Waals surface area contributed by atoms with E-state index in [4.69, 9.17) is 0 Å². The van der Waals surface area contributed by atoms with Crippen molar-refractivity contribution in [3.8, 4) is 0 Å². The summed E-state index contributed by atoms with van der Waals surface area (Å²) in [5, 5.41) is 0. The van der Waals surface area contributed by atoms with Gasteiger partial charge in [0.1, 0.15) is 0 Å². The maximum Gasteiger partial charge on any atom is -0.00978 e. The Bertz CT molecular complexity index is 248. The molecule has 0 atom stereocenters. The van der Waals surface area contributed by atoms with Crippen molar-refractivity contribution in [2.75, 3.05) is 5.75 Å². The SMILES string of the molecule is CC(C)c1ccc(CCCCS)cc1. The molecule has 0 radical (unpaired) electrons. The van der Waals surface area contributed by atoms with Crippen molar-refractivity contribution in [2.45, 2.75) is 39.0 Å². The van der Waals surface area contributed by atoms with Gasteiger partial charge in [-0.15, -0.1) is 0 Å². The van der Waals surface area contributed by atoms with Crippen molar-refractivity contribution in [3.05, 3.63) is 35.4 Å². The minimum atomic E-state index is 0.640. The molecule has 1 aromatic carbocycles. The van der Waals surface area contributed by atoms with Crippen LogP contribution < -0.4 is 0 Å². The van der Waals surface area contributed by atoms with E-state index >= 15 is 0 Å². The van der Waals surface area contributed by atoms with Crippen LogP contribution >= 0.6 is 12.6 Å². The van der Waals surface area contributed by atoms with Gasteiger partial charge in [0.05, 0.1) is 0 Å². The lowest BCUT2D eigenvalue weighted by atomic mass is 10.00. The van der Waals surface area contributed by atoms with Gasteiger partial charge in [0.25, 0.3) is 0 Å². The molecule has 0 aromatic heterocycles. The number of hydrogen-bond donors (Lipinski definition) is 1. The lowest BCUT2D eigenvalue weighted by Crippen LogP contribution is -1.90. The minimum Gasteiger partial charge on any atom is -0.179 e. The van der Waals surface area contributed by atoms with Gasteiger partial charge in [-0.05, 0) is 42.1 Å². The number of unbranched alkanes of at least 4 members (excludes halogenated alkanes) is 1. The standard InChI is InChI=1S/C13H20S/c1-11(2)13-8-6-12(7-9-13)5-3-4-10-14/h6-9,11,14H,3-5,10H2,1-2H3.